The number of carbonyl (C=O) groups is 2. The molecule has 0 aromatic heterocycles. The van der Waals surface area contributed by atoms with Gasteiger partial charge in [0.15, 0.2) is 0 Å². The molecule has 3 rings (SSSR count). The van der Waals surface area contributed by atoms with Crippen molar-refractivity contribution in [2.24, 2.45) is 35.0 Å². The van der Waals surface area contributed by atoms with Crippen LogP contribution in [0, 0.1) is 35.0 Å². The van der Waals surface area contributed by atoms with Crippen LogP contribution < -0.4 is 5.32 Å². The lowest BCUT2D eigenvalue weighted by Gasteiger charge is -2.56. The fourth-order valence-corrected chi connectivity index (χ4v) is 6.67. The number of methoxy groups -OCH3 is 1. The van der Waals surface area contributed by atoms with E-state index in [1.807, 2.05) is 11.8 Å². The monoisotopic (exact) mass is 436 g/mol. The smallest absolute Gasteiger partial charge is 0.225 e. The van der Waals surface area contributed by atoms with Gasteiger partial charge < -0.3 is 20.1 Å². The first-order valence-electron chi connectivity index (χ1n) is 12.4. The maximum Gasteiger partial charge on any atom is 0.225 e. The van der Waals surface area contributed by atoms with Crippen molar-refractivity contribution in [3.8, 4) is 0 Å². The van der Waals surface area contributed by atoms with E-state index in [4.69, 9.17) is 4.74 Å². The van der Waals surface area contributed by atoms with E-state index in [9.17, 15) is 14.7 Å². The van der Waals surface area contributed by atoms with Gasteiger partial charge in [-0.05, 0) is 67.6 Å². The summed E-state index contributed by atoms with van der Waals surface area (Å²) in [5.74, 6) is 1.05. The number of nitrogens with zero attached hydrogens (tertiary/aromatic N) is 1. The molecule has 0 aromatic carbocycles. The molecule has 7 atom stereocenters. The summed E-state index contributed by atoms with van der Waals surface area (Å²) in [5.41, 5.74) is 0.0758. The molecule has 2 saturated carbocycles. The lowest BCUT2D eigenvalue weighted by Crippen LogP contribution is -2.58. The SMILES string of the molecule is COCCC(=O)N[C@H]1CC[C@]2(C)CC[C@@H]([C@H](C)C(=O)N3CCC(C)CC3)[C@H](O)[C@H]2[C@@H]1C. The van der Waals surface area contributed by atoms with Crippen molar-refractivity contribution in [1.82, 2.24) is 10.2 Å². The van der Waals surface area contributed by atoms with Crippen LogP contribution in [0.2, 0.25) is 0 Å². The molecule has 0 unspecified atom stereocenters. The maximum atomic E-state index is 13.2. The van der Waals surface area contributed by atoms with Gasteiger partial charge in [0.25, 0.3) is 0 Å². The molecule has 0 bridgehead atoms. The Morgan fingerprint density at radius 2 is 1.81 bits per heavy atom. The fourth-order valence-electron chi connectivity index (χ4n) is 6.67. The molecular weight excluding hydrogens is 392 g/mol. The summed E-state index contributed by atoms with van der Waals surface area (Å²) >= 11 is 0. The van der Waals surface area contributed by atoms with Gasteiger partial charge >= 0.3 is 0 Å². The number of aliphatic hydroxyl groups excluding tert-OH is 1. The van der Waals surface area contributed by atoms with E-state index in [0.717, 1.165) is 51.6 Å². The molecule has 178 valence electrons. The Labute approximate surface area is 188 Å². The number of hydrogen-bond acceptors (Lipinski definition) is 4. The van der Waals surface area contributed by atoms with Crippen molar-refractivity contribution < 1.29 is 19.4 Å². The highest BCUT2D eigenvalue weighted by Gasteiger charge is 2.54. The van der Waals surface area contributed by atoms with E-state index >= 15 is 0 Å². The molecule has 3 aliphatic rings. The van der Waals surface area contributed by atoms with Crippen molar-refractivity contribution in [3.05, 3.63) is 0 Å². The molecule has 6 heteroatoms. The Hall–Kier alpha value is -1.14. The zero-order chi connectivity index (χ0) is 22.8. The molecule has 1 saturated heterocycles. The minimum absolute atomic E-state index is 0.00434. The molecule has 0 radical (unpaired) electrons. The van der Waals surface area contributed by atoms with Gasteiger partial charge in [-0.2, -0.15) is 0 Å². The topological polar surface area (TPSA) is 78.9 Å². The summed E-state index contributed by atoms with van der Waals surface area (Å²) in [6, 6.07) is 0.0745. The second-order valence-corrected chi connectivity index (χ2v) is 11.0. The Morgan fingerprint density at radius 1 is 1.16 bits per heavy atom. The lowest BCUT2D eigenvalue weighted by molar-refractivity contribution is -0.152. The minimum atomic E-state index is -0.505. The highest BCUT2D eigenvalue weighted by atomic mass is 16.5. The number of carbonyl (C=O) groups excluding carboxylic acids is 2. The maximum absolute atomic E-state index is 13.2. The van der Waals surface area contributed by atoms with Crippen molar-refractivity contribution in [1.29, 1.82) is 0 Å². The number of rotatable bonds is 6. The van der Waals surface area contributed by atoms with E-state index in [-0.39, 0.29) is 46.9 Å². The summed E-state index contributed by atoms with van der Waals surface area (Å²) in [6.45, 7) is 10.9. The predicted molar refractivity (Wildman–Crippen MR) is 121 cm³/mol. The molecule has 3 fully saturated rings. The zero-order valence-corrected chi connectivity index (χ0v) is 20.2. The molecule has 6 nitrogen and oxygen atoms in total. The minimum Gasteiger partial charge on any atom is -0.392 e. The van der Waals surface area contributed by atoms with Crippen LogP contribution >= 0.6 is 0 Å². The number of nitrogens with one attached hydrogen (secondary N) is 1. The molecule has 2 N–H and O–H groups in total. The quantitative estimate of drug-likeness (QED) is 0.670. The first-order valence-corrected chi connectivity index (χ1v) is 12.4. The third-order valence-corrected chi connectivity index (χ3v) is 8.89. The number of fused-ring (bicyclic) bond motifs is 1. The summed E-state index contributed by atoms with van der Waals surface area (Å²) in [4.78, 5) is 27.5. The molecule has 2 aliphatic carbocycles. The highest BCUT2D eigenvalue weighted by Crippen LogP contribution is 2.55. The van der Waals surface area contributed by atoms with Crippen LogP contribution in [-0.2, 0) is 14.3 Å². The summed E-state index contributed by atoms with van der Waals surface area (Å²) < 4.78 is 5.03. The average Bonchev–Trinajstić information content (AvgIpc) is 2.74. The van der Waals surface area contributed by atoms with Crippen LogP contribution in [-0.4, -0.2) is 60.8 Å². The van der Waals surface area contributed by atoms with Gasteiger partial charge in [0, 0.05) is 38.6 Å². The summed E-state index contributed by atoms with van der Waals surface area (Å²) in [7, 11) is 1.60. The normalized spacial score (nSPS) is 37.7. The highest BCUT2D eigenvalue weighted by molar-refractivity contribution is 5.79. The second-order valence-electron chi connectivity index (χ2n) is 11.0. The largest absolute Gasteiger partial charge is 0.392 e. The van der Waals surface area contributed by atoms with Crippen LogP contribution in [0.5, 0.6) is 0 Å². The lowest BCUT2D eigenvalue weighted by atomic mass is 9.51. The van der Waals surface area contributed by atoms with Gasteiger partial charge in [0.05, 0.1) is 12.7 Å². The third-order valence-electron chi connectivity index (χ3n) is 8.89. The molecule has 0 spiro atoms. The number of hydrogen-bond donors (Lipinski definition) is 2. The Morgan fingerprint density at radius 3 is 2.45 bits per heavy atom. The molecule has 31 heavy (non-hydrogen) atoms. The summed E-state index contributed by atoms with van der Waals surface area (Å²) in [6.07, 6.45) is 5.92. The van der Waals surface area contributed by atoms with Crippen molar-refractivity contribution >= 4 is 11.8 Å². The van der Waals surface area contributed by atoms with E-state index in [0.29, 0.717) is 18.9 Å². The first kappa shape index (κ1) is 24.5. The third kappa shape index (κ3) is 5.27. The standard InChI is InChI=1S/C25H44N2O4/c1-16-8-13-27(14-9-16)24(30)17(2)19-6-11-25(4)12-7-20(18(3)22(25)23(19)29)26-21(28)10-15-31-5/h16-20,22-23,29H,6-15H2,1-5H3,(H,26,28)/t17-,18+,19-,20-,22+,23-,25-/m0/s1. The number of piperidine rings is 1. The second kappa shape index (κ2) is 10.2. The molecule has 1 aliphatic heterocycles. The van der Waals surface area contributed by atoms with Crippen LogP contribution in [0.4, 0.5) is 0 Å². The van der Waals surface area contributed by atoms with Crippen LogP contribution in [0.1, 0.15) is 72.6 Å². The number of likely N-dealkylation sites (tertiary alicyclic amines) is 1. The van der Waals surface area contributed by atoms with E-state index in [2.05, 4.69) is 26.1 Å². The van der Waals surface area contributed by atoms with Crippen molar-refractivity contribution in [2.75, 3.05) is 26.8 Å². The molecule has 1 heterocycles. The zero-order valence-electron chi connectivity index (χ0n) is 20.2. The van der Waals surface area contributed by atoms with Crippen molar-refractivity contribution in [3.63, 3.8) is 0 Å². The molecule has 2 amide bonds. The Bertz CT molecular complexity index is 633. The average molecular weight is 437 g/mol. The number of amides is 2. The summed E-state index contributed by atoms with van der Waals surface area (Å²) in [5, 5.41) is 14.7. The van der Waals surface area contributed by atoms with E-state index in [1.54, 1.807) is 7.11 Å². The van der Waals surface area contributed by atoms with E-state index < -0.39 is 6.10 Å². The van der Waals surface area contributed by atoms with E-state index in [1.165, 1.54) is 0 Å². The molecule has 0 aromatic rings. The predicted octanol–water partition coefficient (Wildman–Crippen LogP) is 3.23. The van der Waals surface area contributed by atoms with Crippen LogP contribution in [0.3, 0.4) is 0 Å². The number of aliphatic hydroxyl groups is 1. The van der Waals surface area contributed by atoms with Crippen molar-refractivity contribution in [2.45, 2.75) is 84.8 Å². The number of ether oxygens (including phenoxy) is 1. The van der Waals surface area contributed by atoms with Crippen LogP contribution in [0.15, 0.2) is 0 Å². The molecular formula is C25H44N2O4. The Kier molecular flexibility index (Phi) is 8.06. The van der Waals surface area contributed by atoms with Gasteiger partial charge in [0.2, 0.25) is 11.8 Å². The van der Waals surface area contributed by atoms with Gasteiger partial charge in [0.1, 0.15) is 0 Å². The first-order chi connectivity index (χ1) is 14.7. The van der Waals surface area contributed by atoms with Gasteiger partial charge in [-0.1, -0.05) is 27.7 Å². The van der Waals surface area contributed by atoms with Gasteiger partial charge in [-0.15, -0.1) is 0 Å². The van der Waals surface area contributed by atoms with Gasteiger partial charge in [-0.25, -0.2) is 0 Å². The Balaban J connectivity index is 1.67. The fraction of sp³-hybridized carbons (Fsp3) is 0.920. The van der Waals surface area contributed by atoms with Crippen LogP contribution in [0.25, 0.3) is 0 Å². The van der Waals surface area contributed by atoms with Gasteiger partial charge in [-0.3, -0.25) is 9.59 Å².